The monoisotopic (exact) mass is 290 g/mol. The van der Waals surface area contributed by atoms with Crippen molar-refractivity contribution >= 4 is 12.0 Å². The van der Waals surface area contributed by atoms with Crippen LogP contribution in [0, 0.1) is 18.6 Å². The Labute approximate surface area is 122 Å². The van der Waals surface area contributed by atoms with Gasteiger partial charge in [0, 0.05) is 17.8 Å². The van der Waals surface area contributed by atoms with E-state index in [2.05, 4.69) is 4.98 Å². The van der Waals surface area contributed by atoms with Gasteiger partial charge in [-0.2, -0.15) is 0 Å². The zero-order valence-corrected chi connectivity index (χ0v) is 11.9. The number of hydrogen-bond acceptors (Lipinski definition) is 3. The standard InChI is InChI=1S/C16H16F2N2O/c1-3-20(9-13-6-4-5-11(2)19-13)16-14(17)7-12(10-21)8-15(16)18/h4-8,10H,3,9H2,1-2H3. The summed E-state index contributed by atoms with van der Waals surface area (Å²) in [6, 6.07) is 7.61. The number of halogens is 2. The minimum atomic E-state index is -0.744. The number of benzene rings is 1. The molecule has 0 amide bonds. The molecule has 0 atom stereocenters. The number of pyridine rings is 1. The van der Waals surface area contributed by atoms with Crippen molar-refractivity contribution in [1.82, 2.24) is 4.98 Å². The van der Waals surface area contributed by atoms with Crippen LogP contribution in [-0.2, 0) is 6.54 Å². The fourth-order valence-electron chi connectivity index (χ4n) is 2.19. The first-order valence-electron chi connectivity index (χ1n) is 6.66. The number of aryl methyl sites for hydroxylation is 1. The minimum absolute atomic E-state index is 0.0153. The van der Waals surface area contributed by atoms with Gasteiger partial charge in [-0.3, -0.25) is 9.78 Å². The van der Waals surface area contributed by atoms with Crippen LogP contribution in [0.4, 0.5) is 14.5 Å². The molecule has 1 heterocycles. The van der Waals surface area contributed by atoms with E-state index in [1.54, 1.807) is 4.90 Å². The predicted octanol–water partition coefficient (Wildman–Crippen LogP) is 3.51. The van der Waals surface area contributed by atoms with Gasteiger partial charge in [-0.1, -0.05) is 6.07 Å². The molecule has 1 aromatic carbocycles. The summed E-state index contributed by atoms with van der Waals surface area (Å²) in [6.07, 6.45) is 0.425. The molecule has 0 spiro atoms. The number of carbonyl (C=O) groups is 1. The molecule has 110 valence electrons. The van der Waals surface area contributed by atoms with Crippen molar-refractivity contribution in [3.63, 3.8) is 0 Å². The Bertz CT molecular complexity index is 635. The summed E-state index contributed by atoms with van der Waals surface area (Å²) in [6.45, 7) is 4.39. The second kappa shape index (κ2) is 6.43. The highest BCUT2D eigenvalue weighted by Gasteiger charge is 2.17. The van der Waals surface area contributed by atoms with Crippen molar-refractivity contribution in [3.05, 3.63) is 58.9 Å². The lowest BCUT2D eigenvalue weighted by molar-refractivity contribution is 0.112. The summed E-state index contributed by atoms with van der Waals surface area (Å²) in [4.78, 5) is 16.5. The Morgan fingerprint density at radius 1 is 1.24 bits per heavy atom. The lowest BCUT2D eigenvalue weighted by Gasteiger charge is -2.24. The second-order valence-corrected chi connectivity index (χ2v) is 4.74. The molecule has 0 saturated carbocycles. The lowest BCUT2D eigenvalue weighted by Crippen LogP contribution is -2.25. The zero-order chi connectivity index (χ0) is 15.4. The van der Waals surface area contributed by atoms with Crippen LogP contribution < -0.4 is 4.90 Å². The molecule has 0 saturated heterocycles. The van der Waals surface area contributed by atoms with E-state index in [1.807, 2.05) is 32.0 Å². The summed E-state index contributed by atoms with van der Waals surface area (Å²) in [5, 5.41) is 0. The predicted molar refractivity (Wildman–Crippen MR) is 77.4 cm³/mol. The van der Waals surface area contributed by atoms with Gasteiger partial charge in [-0.25, -0.2) is 8.78 Å². The molecule has 0 unspecified atom stereocenters. The van der Waals surface area contributed by atoms with Crippen LogP contribution in [-0.4, -0.2) is 17.8 Å². The van der Waals surface area contributed by atoms with Crippen molar-refractivity contribution in [2.24, 2.45) is 0 Å². The number of anilines is 1. The van der Waals surface area contributed by atoms with Crippen LogP contribution in [0.1, 0.15) is 28.7 Å². The van der Waals surface area contributed by atoms with Gasteiger partial charge in [0.25, 0.3) is 0 Å². The third-order valence-electron chi connectivity index (χ3n) is 3.17. The third kappa shape index (κ3) is 3.42. The Hall–Kier alpha value is -2.30. The highest BCUT2D eigenvalue weighted by atomic mass is 19.1. The SMILES string of the molecule is CCN(Cc1cccc(C)n1)c1c(F)cc(C=O)cc1F. The molecule has 21 heavy (non-hydrogen) atoms. The number of carbonyl (C=O) groups excluding carboxylic acids is 1. The van der Waals surface area contributed by atoms with E-state index < -0.39 is 11.6 Å². The largest absolute Gasteiger partial charge is 0.361 e. The van der Waals surface area contributed by atoms with E-state index in [-0.39, 0.29) is 11.3 Å². The summed E-state index contributed by atoms with van der Waals surface area (Å²) in [7, 11) is 0. The van der Waals surface area contributed by atoms with Crippen molar-refractivity contribution < 1.29 is 13.6 Å². The van der Waals surface area contributed by atoms with Crippen LogP contribution in [0.15, 0.2) is 30.3 Å². The molecule has 0 bridgehead atoms. The molecule has 2 rings (SSSR count). The number of hydrogen-bond donors (Lipinski definition) is 0. The smallest absolute Gasteiger partial charge is 0.150 e. The van der Waals surface area contributed by atoms with E-state index in [0.717, 1.165) is 23.5 Å². The maximum atomic E-state index is 14.1. The van der Waals surface area contributed by atoms with Crippen LogP contribution in [0.5, 0.6) is 0 Å². The van der Waals surface area contributed by atoms with Crippen LogP contribution in [0.25, 0.3) is 0 Å². The first-order valence-corrected chi connectivity index (χ1v) is 6.66. The Morgan fingerprint density at radius 2 is 1.90 bits per heavy atom. The topological polar surface area (TPSA) is 33.2 Å². The maximum absolute atomic E-state index is 14.1. The van der Waals surface area contributed by atoms with Gasteiger partial charge in [0.2, 0.25) is 0 Å². The van der Waals surface area contributed by atoms with Gasteiger partial charge in [-0.05, 0) is 38.1 Å². The fourth-order valence-corrected chi connectivity index (χ4v) is 2.19. The number of nitrogens with zero attached hydrogens (tertiary/aromatic N) is 2. The molecule has 0 aliphatic heterocycles. The number of aromatic nitrogens is 1. The average molecular weight is 290 g/mol. The Balaban J connectivity index is 2.35. The van der Waals surface area contributed by atoms with Crippen molar-refractivity contribution in [2.75, 3.05) is 11.4 Å². The van der Waals surface area contributed by atoms with Crippen LogP contribution in [0.2, 0.25) is 0 Å². The molecule has 5 heteroatoms. The first kappa shape index (κ1) is 15.1. The Kier molecular flexibility index (Phi) is 4.62. The van der Waals surface area contributed by atoms with Gasteiger partial charge in [0.1, 0.15) is 23.6 Å². The maximum Gasteiger partial charge on any atom is 0.150 e. The average Bonchev–Trinajstić information content (AvgIpc) is 2.45. The zero-order valence-electron chi connectivity index (χ0n) is 11.9. The van der Waals surface area contributed by atoms with Crippen LogP contribution in [0.3, 0.4) is 0 Å². The summed E-state index contributed by atoms with van der Waals surface area (Å²) in [5.41, 5.74) is 1.43. The van der Waals surface area contributed by atoms with E-state index >= 15 is 0 Å². The molecule has 1 aromatic heterocycles. The molecule has 0 N–H and O–H groups in total. The molecular weight excluding hydrogens is 274 g/mol. The van der Waals surface area contributed by atoms with Gasteiger partial charge in [0.15, 0.2) is 0 Å². The summed E-state index contributed by atoms with van der Waals surface area (Å²) < 4.78 is 28.1. The molecule has 3 nitrogen and oxygen atoms in total. The molecular formula is C16H16F2N2O. The van der Waals surface area contributed by atoms with Gasteiger partial charge in [-0.15, -0.1) is 0 Å². The lowest BCUT2D eigenvalue weighted by atomic mass is 10.1. The fraction of sp³-hybridized carbons (Fsp3) is 0.250. The van der Waals surface area contributed by atoms with Crippen molar-refractivity contribution in [3.8, 4) is 0 Å². The van der Waals surface area contributed by atoms with Gasteiger partial charge in [0.05, 0.1) is 12.2 Å². The molecule has 0 aliphatic rings. The van der Waals surface area contributed by atoms with E-state index in [4.69, 9.17) is 0 Å². The number of aldehydes is 1. The number of rotatable bonds is 5. The molecule has 0 aliphatic carbocycles. The van der Waals surface area contributed by atoms with E-state index in [0.29, 0.717) is 19.4 Å². The molecule has 2 aromatic rings. The summed E-state index contributed by atoms with van der Waals surface area (Å²) >= 11 is 0. The highest BCUT2D eigenvalue weighted by molar-refractivity contribution is 5.76. The van der Waals surface area contributed by atoms with Crippen molar-refractivity contribution in [2.45, 2.75) is 20.4 Å². The first-order chi connectivity index (χ1) is 10.0. The molecule has 0 radical (unpaired) electrons. The quantitative estimate of drug-likeness (QED) is 0.790. The Morgan fingerprint density at radius 3 is 2.43 bits per heavy atom. The van der Waals surface area contributed by atoms with E-state index in [1.165, 1.54) is 0 Å². The summed E-state index contributed by atoms with van der Waals surface area (Å²) in [5.74, 6) is -1.49. The third-order valence-corrected chi connectivity index (χ3v) is 3.17. The van der Waals surface area contributed by atoms with Gasteiger partial charge >= 0.3 is 0 Å². The second-order valence-electron chi connectivity index (χ2n) is 4.74. The van der Waals surface area contributed by atoms with Crippen LogP contribution >= 0.6 is 0 Å². The van der Waals surface area contributed by atoms with Crippen molar-refractivity contribution in [1.29, 1.82) is 0 Å². The van der Waals surface area contributed by atoms with Gasteiger partial charge < -0.3 is 4.90 Å². The van der Waals surface area contributed by atoms with E-state index in [9.17, 15) is 13.6 Å². The molecule has 0 fully saturated rings. The normalized spacial score (nSPS) is 10.5. The highest BCUT2D eigenvalue weighted by Crippen LogP contribution is 2.25. The minimum Gasteiger partial charge on any atom is -0.361 e.